The fraction of sp³-hybridized carbons (Fsp3) is 0.609. The second kappa shape index (κ2) is 11.6. The number of methoxy groups -OCH3 is 2. The van der Waals surface area contributed by atoms with Crippen molar-refractivity contribution in [3.05, 3.63) is 17.7 Å². The first-order valence-electron chi connectivity index (χ1n) is 11.1. The van der Waals surface area contributed by atoms with Crippen molar-refractivity contribution in [2.45, 2.75) is 45.6 Å². The molecule has 1 aromatic carbocycles. The average Bonchev–Trinajstić information content (AvgIpc) is 2.79. The summed E-state index contributed by atoms with van der Waals surface area (Å²) in [6.07, 6.45) is 3.06. The van der Waals surface area contributed by atoms with Gasteiger partial charge in [0.05, 0.1) is 25.5 Å². The Bertz CT molecular complexity index is 815. The van der Waals surface area contributed by atoms with Crippen molar-refractivity contribution < 1.29 is 23.9 Å². The number of nitrogens with one attached hydrogen (secondary N) is 2. The molecule has 4 amide bonds. The first kappa shape index (κ1) is 25.3. The summed E-state index contributed by atoms with van der Waals surface area (Å²) in [4.78, 5) is 41.2. The van der Waals surface area contributed by atoms with Crippen LogP contribution in [0.5, 0.6) is 11.5 Å². The van der Waals surface area contributed by atoms with E-state index in [1.807, 2.05) is 18.7 Å². The maximum Gasteiger partial charge on any atom is 0.319 e. The van der Waals surface area contributed by atoms with Crippen LogP contribution in [0.1, 0.15) is 49.9 Å². The standard InChI is InChI=1S/C23H36N4O5/c1-7-15(8-2)21(28)27-11-9-16(10-12-27)24-23(30)25-18-14-20(32-6)19(31-5)13-17(18)22(29)26(3)4/h13-16H,7-12H2,1-6H3,(H2,24,25,30). The van der Waals surface area contributed by atoms with Crippen molar-refractivity contribution >= 4 is 23.5 Å². The fourth-order valence-electron chi connectivity index (χ4n) is 3.88. The van der Waals surface area contributed by atoms with Crippen LogP contribution < -0.4 is 20.1 Å². The first-order chi connectivity index (χ1) is 15.2. The van der Waals surface area contributed by atoms with E-state index in [0.29, 0.717) is 48.7 Å². The number of anilines is 1. The highest BCUT2D eigenvalue weighted by Crippen LogP contribution is 2.34. The molecule has 0 aliphatic carbocycles. The second-order valence-electron chi connectivity index (χ2n) is 8.16. The van der Waals surface area contributed by atoms with Gasteiger partial charge in [0, 0.05) is 45.2 Å². The lowest BCUT2D eigenvalue weighted by molar-refractivity contribution is -0.136. The molecule has 9 heteroatoms. The number of carbonyl (C=O) groups excluding carboxylic acids is 3. The van der Waals surface area contributed by atoms with Gasteiger partial charge >= 0.3 is 6.03 Å². The van der Waals surface area contributed by atoms with E-state index < -0.39 is 6.03 Å². The van der Waals surface area contributed by atoms with E-state index in [2.05, 4.69) is 10.6 Å². The van der Waals surface area contributed by atoms with Gasteiger partial charge in [-0.05, 0) is 31.7 Å². The SMILES string of the molecule is CCC(CC)C(=O)N1CCC(NC(=O)Nc2cc(OC)c(OC)cc2C(=O)N(C)C)CC1. The smallest absolute Gasteiger partial charge is 0.319 e. The molecule has 178 valence electrons. The van der Waals surface area contributed by atoms with Crippen molar-refractivity contribution in [2.75, 3.05) is 46.7 Å². The Balaban J connectivity index is 2.05. The van der Waals surface area contributed by atoms with E-state index in [9.17, 15) is 14.4 Å². The molecule has 1 aliphatic rings. The zero-order valence-electron chi connectivity index (χ0n) is 20.0. The lowest BCUT2D eigenvalue weighted by atomic mass is 9.98. The molecule has 0 saturated carbocycles. The molecule has 32 heavy (non-hydrogen) atoms. The Morgan fingerprint density at radius 1 is 1.06 bits per heavy atom. The summed E-state index contributed by atoms with van der Waals surface area (Å²) in [5.74, 6) is 0.814. The number of likely N-dealkylation sites (tertiary alicyclic amines) is 1. The molecule has 1 heterocycles. The van der Waals surface area contributed by atoms with E-state index in [1.54, 1.807) is 26.2 Å². The van der Waals surface area contributed by atoms with E-state index >= 15 is 0 Å². The van der Waals surface area contributed by atoms with Crippen LogP contribution in [0.3, 0.4) is 0 Å². The summed E-state index contributed by atoms with van der Waals surface area (Å²) < 4.78 is 10.6. The average molecular weight is 449 g/mol. The van der Waals surface area contributed by atoms with Crippen LogP contribution in [0, 0.1) is 5.92 Å². The highest BCUT2D eigenvalue weighted by molar-refractivity contribution is 6.04. The quantitative estimate of drug-likeness (QED) is 0.637. The molecule has 2 N–H and O–H groups in total. The summed E-state index contributed by atoms with van der Waals surface area (Å²) in [6, 6.07) is 2.67. The van der Waals surface area contributed by atoms with Gasteiger partial charge < -0.3 is 29.9 Å². The number of benzene rings is 1. The minimum absolute atomic E-state index is 0.0473. The Hall–Kier alpha value is -2.97. The van der Waals surface area contributed by atoms with Crippen LogP contribution in [-0.2, 0) is 4.79 Å². The third-order valence-corrected chi connectivity index (χ3v) is 5.89. The van der Waals surface area contributed by atoms with Crippen molar-refractivity contribution in [3.8, 4) is 11.5 Å². The minimum Gasteiger partial charge on any atom is -0.493 e. The van der Waals surface area contributed by atoms with Crippen LogP contribution in [0.2, 0.25) is 0 Å². The molecule has 0 atom stereocenters. The van der Waals surface area contributed by atoms with Gasteiger partial charge in [0.15, 0.2) is 11.5 Å². The Labute approximate surface area is 190 Å². The predicted molar refractivity (Wildman–Crippen MR) is 123 cm³/mol. The van der Waals surface area contributed by atoms with E-state index in [-0.39, 0.29) is 23.8 Å². The molecule has 1 aliphatic heterocycles. The lowest BCUT2D eigenvalue weighted by Crippen LogP contribution is -2.48. The number of urea groups is 1. The van der Waals surface area contributed by atoms with Crippen LogP contribution >= 0.6 is 0 Å². The number of rotatable bonds is 8. The normalized spacial score (nSPS) is 14.2. The molecule has 1 aromatic rings. The van der Waals surface area contributed by atoms with E-state index in [4.69, 9.17) is 9.47 Å². The second-order valence-corrected chi connectivity index (χ2v) is 8.16. The largest absolute Gasteiger partial charge is 0.493 e. The maximum atomic E-state index is 12.7. The molecule has 0 bridgehead atoms. The number of hydrogen-bond acceptors (Lipinski definition) is 5. The summed E-state index contributed by atoms with van der Waals surface area (Å²) in [6.45, 7) is 5.32. The zero-order chi connectivity index (χ0) is 23.8. The number of ether oxygens (including phenoxy) is 2. The van der Waals surface area contributed by atoms with Crippen molar-refractivity contribution in [3.63, 3.8) is 0 Å². The molecule has 0 radical (unpaired) electrons. The van der Waals surface area contributed by atoms with Crippen LogP contribution in [0.4, 0.5) is 10.5 Å². The topological polar surface area (TPSA) is 100 Å². The van der Waals surface area contributed by atoms with E-state index in [0.717, 1.165) is 12.8 Å². The van der Waals surface area contributed by atoms with Gasteiger partial charge in [-0.25, -0.2) is 4.79 Å². The van der Waals surface area contributed by atoms with Crippen LogP contribution in [0.15, 0.2) is 12.1 Å². The molecule has 0 aromatic heterocycles. The van der Waals surface area contributed by atoms with Crippen molar-refractivity contribution in [2.24, 2.45) is 5.92 Å². The number of hydrogen-bond donors (Lipinski definition) is 2. The van der Waals surface area contributed by atoms with E-state index in [1.165, 1.54) is 19.1 Å². The molecule has 0 unspecified atom stereocenters. The van der Waals surface area contributed by atoms with Gasteiger partial charge in [-0.1, -0.05) is 13.8 Å². The lowest BCUT2D eigenvalue weighted by Gasteiger charge is -2.34. The first-order valence-corrected chi connectivity index (χ1v) is 11.1. The van der Waals surface area contributed by atoms with Gasteiger partial charge in [-0.3, -0.25) is 9.59 Å². The third-order valence-electron chi connectivity index (χ3n) is 5.89. The summed E-state index contributed by atoms with van der Waals surface area (Å²) >= 11 is 0. The summed E-state index contributed by atoms with van der Waals surface area (Å²) in [5, 5.41) is 5.74. The van der Waals surface area contributed by atoms with Crippen LogP contribution in [0.25, 0.3) is 0 Å². The van der Waals surface area contributed by atoms with Gasteiger partial charge in [0.1, 0.15) is 0 Å². The predicted octanol–water partition coefficient (Wildman–Crippen LogP) is 2.95. The zero-order valence-corrected chi connectivity index (χ0v) is 20.0. The fourth-order valence-corrected chi connectivity index (χ4v) is 3.88. The number of nitrogens with zero attached hydrogens (tertiary/aromatic N) is 2. The summed E-state index contributed by atoms with van der Waals surface area (Å²) in [5.41, 5.74) is 0.633. The van der Waals surface area contributed by atoms with Gasteiger partial charge in [0.25, 0.3) is 5.91 Å². The van der Waals surface area contributed by atoms with Crippen LogP contribution in [-0.4, -0.2) is 75.1 Å². The molecule has 9 nitrogen and oxygen atoms in total. The molecular weight excluding hydrogens is 412 g/mol. The number of carbonyl (C=O) groups is 3. The Morgan fingerprint density at radius 3 is 2.12 bits per heavy atom. The Kier molecular flexibility index (Phi) is 9.16. The molecule has 1 fully saturated rings. The van der Waals surface area contributed by atoms with Crippen molar-refractivity contribution in [1.29, 1.82) is 0 Å². The van der Waals surface area contributed by atoms with Crippen molar-refractivity contribution in [1.82, 2.24) is 15.1 Å². The molecular formula is C23H36N4O5. The molecule has 2 rings (SSSR count). The molecule has 1 saturated heterocycles. The maximum absolute atomic E-state index is 12.7. The van der Waals surface area contributed by atoms with Gasteiger partial charge in [0.2, 0.25) is 5.91 Å². The summed E-state index contributed by atoms with van der Waals surface area (Å²) in [7, 11) is 6.26. The Morgan fingerprint density at radius 2 is 1.62 bits per heavy atom. The number of piperidine rings is 1. The highest BCUT2D eigenvalue weighted by atomic mass is 16.5. The van der Waals surface area contributed by atoms with Gasteiger partial charge in [-0.15, -0.1) is 0 Å². The number of amides is 4. The monoisotopic (exact) mass is 448 g/mol. The minimum atomic E-state index is -0.408. The highest BCUT2D eigenvalue weighted by Gasteiger charge is 2.27. The third kappa shape index (κ3) is 6.05. The van der Waals surface area contributed by atoms with Gasteiger partial charge in [-0.2, -0.15) is 0 Å². The molecule has 0 spiro atoms.